The third-order valence-corrected chi connectivity index (χ3v) is 4.96. The first-order chi connectivity index (χ1) is 11.2. The first kappa shape index (κ1) is 16.2. The average molecular weight is 313 g/mol. The van der Waals surface area contributed by atoms with Crippen LogP contribution in [0.3, 0.4) is 0 Å². The molecule has 3 rings (SSSR count). The van der Waals surface area contributed by atoms with Crippen LogP contribution in [0.15, 0.2) is 30.3 Å². The zero-order chi connectivity index (χ0) is 16.2. The lowest BCUT2D eigenvalue weighted by Crippen LogP contribution is -2.21. The van der Waals surface area contributed by atoms with Gasteiger partial charge in [0.1, 0.15) is 0 Å². The van der Waals surface area contributed by atoms with Crippen molar-refractivity contribution in [2.45, 2.75) is 39.8 Å². The summed E-state index contributed by atoms with van der Waals surface area (Å²) in [5.41, 5.74) is 5.08. The summed E-state index contributed by atoms with van der Waals surface area (Å²) < 4.78 is 1.93. The number of hydrogen-bond donors (Lipinski definition) is 1. The molecule has 1 aliphatic heterocycles. The lowest BCUT2D eigenvalue weighted by atomic mass is 9.99. The van der Waals surface area contributed by atoms with E-state index in [0.717, 1.165) is 18.2 Å². The number of hydrogen-bond acceptors (Lipinski definition) is 3. The van der Waals surface area contributed by atoms with Gasteiger partial charge in [0.05, 0.1) is 18.8 Å². The van der Waals surface area contributed by atoms with Crippen LogP contribution in [0, 0.1) is 19.8 Å². The normalized spacial score (nSPS) is 18.7. The van der Waals surface area contributed by atoms with Crippen molar-refractivity contribution in [2.75, 3.05) is 19.7 Å². The quantitative estimate of drug-likeness (QED) is 0.891. The average Bonchev–Trinajstić information content (AvgIpc) is 3.09. The molecular formula is C19H27N3O. The lowest BCUT2D eigenvalue weighted by Gasteiger charge is -2.16. The molecule has 1 atom stereocenters. The van der Waals surface area contributed by atoms with E-state index in [-0.39, 0.29) is 6.61 Å². The summed E-state index contributed by atoms with van der Waals surface area (Å²) >= 11 is 0. The van der Waals surface area contributed by atoms with Crippen molar-refractivity contribution in [3.8, 4) is 0 Å². The Bertz CT molecular complexity index is 636. The first-order valence-corrected chi connectivity index (χ1v) is 8.57. The minimum absolute atomic E-state index is 0.143. The Balaban J connectivity index is 1.60. The van der Waals surface area contributed by atoms with E-state index in [2.05, 4.69) is 54.2 Å². The molecule has 0 spiro atoms. The highest BCUT2D eigenvalue weighted by atomic mass is 16.3. The van der Waals surface area contributed by atoms with Crippen molar-refractivity contribution in [2.24, 2.45) is 5.92 Å². The highest BCUT2D eigenvalue weighted by Crippen LogP contribution is 2.24. The number of aromatic nitrogens is 2. The maximum atomic E-state index is 9.13. The monoisotopic (exact) mass is 313 g/mol. The van der Waals surface area contributed by atoms with E-state index in [1.807, 2.05) is 4.68 Å². The van der Waals surface area contributed by atoms with E-state index in [4.69, 9.17) is 5.11 Å². The first-order valence-electron chi connectivity index (χ1n) is 8.57. The van der Waals surface area contributed by atoms with Gasteiger partial charge in [0.25, 0.3) is 0 Å². The van der Waals surface area contributed by atoms with Crippen molar-refractivity contribution < 1.29 is 5.11 Å². The molecule has 1 N–H and O–H groups in total. The van der Waals surface area contributed by atoms with Gasteiger partial charge >= 0.3 is 0 Å². The van der Waals surface area contributed by atoms with Crippen molar-refractivity contribution in [1.29, 1.82) is 0 Å². The van der Waals surface area contributed by atoms with E-state index in [1.165, 1.54) is 42.8 Å². The van der Waals surface area contributed by atoms with Crippen molar-refractivity contribution in [3.05, 3.63) is 52.8 Å². The standard InChI is InChI=1S/C19H27N3O/c1-15-19(16(2)22(20-15)10-11-23)14-21-9-8-18(13-21)12-17-6-4-3-5-7-17/h3-7,18,23H,8-14H2,1-2H3. The molecule has 1 unspecified atom stereocenters. The molecule has 1 fully saturated rings. The molecule has 4 nitrogen and oxygen atoms in total. The Morgan fingerprint density at radius 1 is 1.22 bits per heavy atom. The highest BCUT2D eigenvalue weighted by Gasteiger charge is 2.24. The molecule has 1 saturated heterocycles. The predicted molar refractivity (Wildman–Crippen MR) is 92.3 cm³/mol. The van der Waals surface area contributed by atoms with Crippen LogP contribution < -0.4 is 0 Å². The van der Waals surface area contributed by atoms with Crippen molar-refractivity contribution >= 4 is 0 Å². The van der Waals surface area contributed by atoms with E-state index in [9.17, 15) is 0 Å². The fourth-order valence-corrected chi connectivity index (χ4v) is 3.67. The van der Waals surface area contributed by atoms with Gasteiger partial charge in [-0.05, 0) is 44.7 Å². The maximum Gasteiger partial charge on any atom is 0.0644 e. The van der Waals surface area contributed by atoms with Gasteiger partial charge in [0.15, 0.2) is 0 Å². The molecule has 1 aromatic heterocycles. The second kappa shape index (κ2) is 7.28. The molecule has 0 bridgehead atoms. The number of aryl methyl sites for hydroxylation is 1. The van der Waals surface area contributed by atoms with Crippen LogP contribution in [0.25, 0.3) is 0 Å². The van der Waals surface area contributed by atoms with Gasteiger partial charge in [-0.25, -0.2) is 0 Å². The molecule has 2 aromatic rings. The fourth-order valence-electron chi connectivity index (χ4n) is 3.67. The summed E-state index contributed by atoms with van der Waals surface area (Å²) in [4.78, 5) is 2.55. The summed E-state index contributed by atoms with van der Waals surface area (Å²) in [7, 11) is 0. The third kappa shape index (κ3) is 3.82. The van der Waals surface area contributed by atoms with Crippen LogP contribution in [0.1, 0.15) is 28.9 Å². The molecule has 124 valence electrons. The topological polar surface area (TPSA) is 41.3 Å². The molecule has 0 aliphatic carbocycles. The number of aliphatic hydroxyl groups is 1. The molecule has 1 aromatic carbocycles. The van der Waals surface area contributed by atoms with Gasteiger partial charge in [-0.2, -0.15) is 5.10 Å². The predicted octanol–water partition coefficient (Wildman–Crippen LogP) is 2.56. The van der Waals surface area contributed by atoms with Crippen LogP contribution in [0.2, 0.25) is 0 Å². The van der Waals surface area contributed by atoms with Crippen molar-refractivity contribution in [1.82, 2.24) is 14.7 Å². The Labute approximate surface area is 138 Å². The largest absolute Gasteiger partial charge is 0.394 e. The molecule has 2 heterocycles. The number of rotatable bonds is 6. The van der Waals surface area contributed by atoms with E-state index in [0.29, 0.717) is 6.54 Å². The Hall–Kier alpha value is -1.65. The Kier molecular flexibility index (Phi) is 5.13. The van der Waals surface area contributed by atoms with Gasteiger partial charge < -0.3 is 5.11 Å². The molecule has 0 amide bonds. The number of likely N-dealkylation sites (tertiary alicyclic amines) is 1. The lowest BCUT2D eigenvalue weighted by molar-refractivity contribution is 0.267. The zero-order valence-electron chi connectivity index (χ0n) is 14.2. The van der Waals surface area contributed by atoms with Gasteiger partial charge in [-0.15, -0.1) is 0 Å². The second-order valence-electron chi connectivity index (χ2n) is 6.68. The van der Waals surface area contributed by atoms with Crippen LogP contribution in [-0.2, 0) is 19.5 Å². The van der Waals surface area contributed by atoms with Crippen LogP contribution in [0.5, 0.6) is 0 Å². The summed E-state index contributed by atoms with van der Waals surface area (Å²) in [5.74, 6) is 0.755. The van der Waals surface area contributed by atoms with Gasteiger partial charge in [0, 0.05) is 24.3 Å². The van der Waals surface area contributed by atoms with Gasteiger partial charge in [0.2, 0.25) is 0 Å². The summed E-state index contributed by atoms with van der Waals surface area (Å²) in [6, 6.07) is 10.8. The van der Waals surface area contributed by atoms with E-state index in [1.54, 1.807) is 0 Å². The smallest absolute Gasteiger partial charge is 0.0644 e. The SMILES string of the molecule is Cc1nn(CCO)c(C)c1CN1CCC(Cc2ccccc2)C1. The maximum absolute atomic E-state index is 9.13. The minimum atomic E-state index is 0.143. The molecule has 0 radical (unpaired) electrons. The van der Waals surface area contributed by atoms with E-state index >= 15 is 0 Å². The number of aliphatic hydroxyl groups excluding tert-OH is 1. The fraction of sp³-hybridized carbons (Fsp3) is 0.526. The molecule has 23 heavy (non-hydrogen) atoms. The molecular weight excluding hydrogens is 286 g/mol. The highest BCUT2D eigenvalue weighted by molar-refractivity contribution is 5.24. The summed E-state index contributed by atoms with van der Waals surface area (Å²) in [5, 5.41) is 13.7. The Morgan fingerprint density at radius 3 is 2.74 bits per heavy atom. The van der Waals surface area contributed by atoms with Gasteiger partial charge in [-0.3, -0.25) is 9.58 Å². The molecule has 0 saturated carbocycles. The molecule has 4 heteroatoms. The zero-order valence-corrected chi connectivity index (χ0v) is 14.2. The van der Waals surface area contributed by atoms with Gasteiger partial charge in [-0.1, -0.05) is 30.3 Å². The van der Waals surface area contributed by atoms with Crippen LogP contribution >= 0.6 is 0 Å². The van der Waals surface area contributed by atoms with Crippen molar-refractivity contribution in [3.63, 3.8) is 0 Å². The van der Waals surface area contributed by atoms with Crippen LogP contribution in [-0.4, -0.2) is 39.5 Å². The Morgan fingerprint density at radius 2 is 2.00 bits per heavy atom. The van der Waals surface area contributed by atoms with E-state index < -0.39 is 0 Å². The molecule has 1 aliphatic rings. The van der Waals surface area contributed by atoms with Crippen LogP contribution in [0.4, 0.5) is 0 Å². The number of nitrogens with zero attached hydrogens (tertiary/aromatic N) is 3. The second-order valence-corrected chi connectivity index (χ2v) is 6.68. The number of benzene rings is 1. The summed E-state index contributed by atoms with van der Waals surface area (Å²) in [6.07, 6.45) is 2.46. The summed E-state index contributed by atoms with van der Waals surface area (Å²) in [6.45, 7) is 8.23. The third-order valence-electron chi connectivity index (χ3n) is 4.96. The minimum Gasteiger partial charge on any atom is -0.394 e.